The SMILES string of the molecule is CCCCNC(=O)[C@@H](O)CC[C@H](N)C[C@H](Cc1ccc(C(C)(C)C)cc1)C(C)C. The molecule has 4 heteroatoms. The lowest BCUT2D eigenvalue weighted by atomic mass is 9.82. The summed E-state index contributed by atoms with van der Waals surface area (Å²) in [6.07, 6.45) is 4.00. The molecule has 0 spiro atoms. The van der Waals surface area contributed by atoms with Crippen molar-refractivity contribution in [1.82, 2.24) is 5.32 Å². The first-order valence-electron chi connectivity index (χ1n) is 11.3. The minimum absolute atomic E-state index is 0.00524. The summed E-state index contributed by atoms with van der Waals surface area (Å²) in [5.74, 6) is 0.747. The lowest BCUT2D eigenvalue weighted by Crippen LogP contribution is -2.36. The van der Waals surface area contributed by atoms with Crippen LogP contribution >= 0.6 is 0 Å². The molecular formula is C25H44N2O2. The van der Waals surface area contributed by atoms with Gasteiger partial charge in [-0.05, 0) is 60.5 Å². The number of hydrogen-bond acceptors (Lipinski definition) is 3. The molecule has 3 atom stereocenters. The van der Waals surface area contributed by atoms with E-state index in [-0.39, 0.29) is 17.4 Å². The predicted octanol–water partition coefficient (Wildman–Crippen LogP) is 4.57. The van der Waals surface area contributed by atoms with E-state index in [1.165, 1.54) is 11.1 Å². The minimum atomic E-state index is -0.958. The summed E-state index contributed by atoms with van der Waals surface area (Å²) in [7, 11) is 0. The molecule has 0 heterocycles. The van der Waals surface area contributed by atoms with Gasteiger partial charge in [-0.25, -0.2) is 0 Å². The monoisotopic (exact) mass is 404 g/mol. The fraction of sp³-hybridized carbons (Fsp3) is 0.720. The van der Waals surface area contributed by atoms with E-state index in [4.69, 9.17) is 5.73 Å². The minimum Gasteiger partial charge on any atom is -0.383 e. The highest BCUT2D eigenvalue weighted by Crippen LogP contribution is 2.26. The second-order valence-electron chi connectivity index (χ2n) is 9.89. The Morgan fingerprint density at radius 1 is 1.14 bits per heavy atom. The normalized spacial score (nSPS) is 15.2. The van der Waals surface area contributed by atoms with Crippen LogP contribution in [0.3, 0.4) is 0 Å². The van der Waals surface area contributed by atoms with Crippen molar-refractivity contribution in [2.24, 2.45) is 17.6 Å². The van der Waals surface area contributed by atoms with Crippen LogP contribution in [0.5, 0.6) is 0 Å². The van der Waals surface area contributed by atoms with Crippen LogP contribution in [0, 0.1) is 11.8 Å². The van der Waals surface area contributed by atoms with E-state index >= 15 is 0 Å². The molecule has 0 fully saturated rings. The Morgan fingerprint density at radius 3 is 2.28 bits per heavy atom. The summed E-state index contributed by atoms with van der Waals surface area (Å²) < 4.78 is 0. The van der Waals surface area contributed by atoms with Gasteiger partial charge in [0.05, 0.1) is 0 Å². The molecule has 1 amide bonds. The zero-order valence-corrected chi connectivity index (χ0v) is 19.5. The molecule has 0 unspecified atom stereocenters. The lowest BCUT2D eigenvalue weighted by molar-refractivity contribution is -0.129. The second kappa shape index (κ2) is 12.3. The van der Waals surface area contributed by atoms with Crippen molar-refractivity contribution in [3.05, 3.63) is 35.4 Å². The first-order chi connectivity index (χ1) is 13.5. The van der Waals surface area contributed by atoms with E-state index < -0.39 is 6.10 Å². The van der Waals surface area contributed by atoms with Crippen LogP contribution < -0.4 is 11.1 Å². The number of aliphatic hydroxyl groups is 1. The van der Waals surface area contributed by atoms with Crippen molar-refractivity contribution >= 4 is 5.91 Å². The molecule has 0 aromatic heterocycles. The van der Waals surface area contributed by atoms with Gasteiger partial charge in [0, 0.05) is 12.6 Å². The first kappa shape index (κ1) is 25.6. The largest absolute Gasteiger partial charge is 0.383 e. The molecule has 0 radical (unpaired) electrons. The molecule has 0 aliphatic rings. The van der Waals surface area contributed by atoms with Crippen molar-refractivity contribution in [2.45, 2.75) is 97.6 Å². The van der Waals surface area contributed by atoms with Gasteiger partial charge in [0.1, 0.15) is 6.10 Å². The van der Waals surface area contributed by atoms with E-state index in [0.29, 0.717) is 31.2 Å². The first-order valence-corrected chi connectivity index (χ1v) is 11.3. The van der Waals surface area contributed by atoms with Gasteiger partial charge in [0.15, 0.2) is 0 Å². The van der Waals surface area contributed by atoms with Crippen LogP contribution in [0.15, 0.2) is 24.3 Å². The van der Waals surface area contributed by atoms with E-state index in [9.17, 15) is 9.90 Å². The Labute approximate surface area is 178 Å². The summed E-state index contributed by atoms with van der Waals surface area (Å²) >= 11 is 0. The van der Waals surface area contributed by atoms with Gasteiger partial charge < -0.3 is 16.2 Å². The Morgan fingerprint density at radius 2 is 1.76 bits per heavy atom. The molecule has 1 aromatic carbocycles. The van der Waals surface area contributed by atoms with E-state index in [1.54, 1.807) is 0 Å². The third-order valence-electron chi connectivity index (χ3n) is 5.81. The number of amides is 1. The fourth-order valence-corrected chi connectivity index (χ4v) is 3.55. The van der Waals surface area contributed by atoms with Crippen molar-refractivity contribution in [2.75, 3.05) is 6.54 Å². The van der Waals surface area contributed by atoms with E-state index in [2.05, 4.69) is 71.1 Å². The van der Waals surface area contributed by atoms with Crippen LogP contribution in [0.1, 0.15) is 84.8 Å². The fourth-order valence-electron chi connectivity index (χ4n) is 3.55. The third-order valence-corrected chi connectivity index (χ3v) is 5.81. The van der Waals surface area contributed by atoms with Crippen molar-refractivity contribution < 1.29 is 9.90 Å². The number of nitrogens with one attached hydrogen (secondary N) is 1. The second-order valence-corrected chi connectivity index (χ2v) is 9.89. The van der Waals surface area contributed by atoms with Gasteiger partial charge >= 0.3 is 0 Å². The number of unbranched alkanes of at least 4 members (excludes halogenated alkanes) is 1. The summed E-state index contributed by atoms with van der Waals surface area (Å²) in [5, 5.41) is 12.9. The standard InChI is InChI=1S/C25H44N2O2/c1-7-8-15-27-24(29)23(28)14-13-22(26)17-20(18(2)3)16-19-9-11-21(12-10-19)25(4,5)6/h9-12,18,20,22-23,28H,7-8,13-17,26H2,1-6H3,(H,27,29)/t20-,22-,23-/m0/s1. The Hall–Kier alpha value is -1.39. The van der Waals surface area contributed by atoms with Crippen LogP contribution in [-0.2, 0) is 16.6 Å². The van der Waals surface area contributed by atoms with Gasteiger partial charge in [0.2, 0.25) is 5.91 Å². The zero-order chi connectivity index (χ0) is 22.0. The van der Waals surface area contributed by atoms with Gasteiger partial charge in [-0.1, -0.05) is 72.2 Å². The molecule has 4 nitrogen and oxygen atoms in total. The molecule has 1 aromatic rings. The van der Waals surface area contributed by atoms with Crippen molar-refractivity contribution in [1.29, 1.82) is 0 Å². The number of aliphatic hydroxyl groups excluding tert-OH is 1. The molecular weight excluding hydrogens is 360 g/mol. The summed E-state index contributed by atoms with van der Waals surface area (Å²) in [4.78, 5) is 11.9. The maximum atomic E-state index is 11.9. The molecule has 4 N–H and O–H groups in total. The number of carbonyl (C=O) groups excluding carboxylic acids is 1. The molecule has 0 aliphatic carbocycles. The molecule has 0 aliphatic heterocycles. The molecule has 0 saturated heterocycles. The number of hydrogen-bond donors (Lipinski definition) is 3. The maximum absolute atomic E-state index is 11.9. The van der Waals surface area contributed by atoms with Crippen molar-refractivity contribution in [3.8, 4) is 0 Å². The van der Waals surface area contributed by atoms with Gasteiger partial charge in [-0.15, -0.1) is 0 Å². The topological polar surface area (TPSA) is 75.3 Å². The smallest absolute Gasteiger partial charge is 0.248 e. The highest BCUT2D eigenvalue weighted by atomic mass is 16.3. The zero-order valence-electron chi connectivity index (χ0n) is 19.5. The average Bonchev–Trinajstić information content (AvgIpc) is 2.65. The van der Waals surface area contributed by atoms with E-state index in [1.807, 2.05) is 0 Å². The van der Waals surface area contributed by atoms with Crippen LogP contribution in [-0.4, -0.2) is 29.7 Å². The molecule has 29 heavy (non-hydrogen) atoms. The van der Waals surface area contributed by atoms with Gasteiger partial charge in [-0.3, -0.25) is 4.79 Å². The van der Waals surface area contributed by atoms with Crippen LogP contribution in [0.25, 0.3) is 0 Å². The lowest BCUT2D eigenvalue weighted by Gasteiger charge is -2.25. The summed E-state index contributed by atoms with van der Waals surface area (Å²) in [6, 6.07) is 8.95. The molecule has 166 valence electrons. The number of benzene rings is 1. The highest BCUT2D eigenvalue weighted by molar-refractivity contribution is 5.80. The van der Waals surface area contributed by atoms with Crippen LogP contribution in [0.4, 0.5) is 0 Å². The third kappa shape index (κ3) is 9.77. The Bertz CT molecular complexity index is 590. The predicted molar refractivity (Wildman–Crippen MR) is 123 cm³/mol. The molecule has 0 saturated carbocycles. The average molecular weight is 405 g/mol. The number of carbonyl (C=O) groups is 1. The highest BCUT2D eigenvalue weighted by Gasteiger charge is 2.21. The molecule has 1 rings (SSSR count). The number of nitrogens with two attached hydrogens (primary N) is 1. The van der Waals surface area contributed by atoms with E-state index in [0.717, 1.165) is 25.7 Å². The maximum Gasteiger partial charge on any atom is 0.248 e. The van der Waals surface area contributed by atoms with Crippen LogP contribution in [0.2, 0.25) is 0 Å². The number of rotatable bonds is 12. The Balaban J connectivity index is 2.53. The quantitative estimate of drug-likeness (QED) is 0.447. The summed E-state index contributed by atoms with van der Waals surface area (Å²) in [6.45, 7) is 13.9. The molecule has 0 bridgehead atoms. The van der Waals surface area contributed by atoms with Crippen molar-refractivity contribution in [3.63, 3.8) is 0 Å². The Kier molecular flexibility index (Phi) is 10.9. The summed E-state index contributed by atoms with van der Waals surface area (Å²) in [5.41, 5.74) is 9.24. The van der Waals surface area contributed by atoms with Gasteiger partial charge in [-0.2, -0.15) is 0 Å². The van der Waals surface area contributed by atoms with Gasteiger partial charge in [0.25, 0.3) is 0 Å².